The first-order valence-electron chi connectivity index (χ1n) is 10.2. The fourth-order valence-corrected chi connectivity index (χ4v) is 3.70. The maximum atomic E-state index is 13.0. The minimum atomic E-state index is -0.671. The maximum Gasteiger partial charge on any atom is 0.318 e. The Bertz CT molecular complexity index is 947. The molecule has 1 aliphatic heterocycles. The third-order valence-corrected chi connectivity index (χ3v) is 5.60. The smallest absolute Gasteiger partial charge is 0.318 e. The molecule has 0 aliphatic carbocycles. The van der Waals surface area contributed by atoms with E-state index in [1.807, 2.05) is 26.0 Å². The number of methoxy groups -OCH3 is 2. The van der Waals surface area contributed by atoms with Gasteiger partial charge in [-0.1, -0.05) is 25.4 Å². The Morgan fingerprint density at radius 1 is 1.03 bits per heavy atom. The van der Waals surface area contributed by atoms with Crippen LogP contribution in [-0.2, 0) is 17.8 Å². The van der Waals surface area contributed by atoms with Gasteiger partial charge in [0.2, 0.25) is 5.91 Å². The molecule has 0 spiro atoms. The second-order valence-electron chi connectivity index (χ2n) is 7.81. The minimum absolute atomic E-state index is 0.0855. The second kappa shape index (κ2) is 9.92. The second-order valence-corrected chi connectivity index (χ2v) is 8.25. The zero-order valence-corrected chi connectivity index (χ0v) is 19.0. The number of halogens is 1. The highest BCUT2D eigenvalue weighted by Crippen LogP contribution is 2.33. The number of carbonyl (C=O) groups is 2. The summed E-state index contributed by atoms with van der Waals surface area (Å²) in [5.41, 5.74) is 2.76. The number of nitrogens with one attached hydrogen (secondary N) is 2. The summed E-state index contributed by atoms with van der Waals surface area (Å²) in [5.74, 6) is 0.955. The van der Waals surface area contributed by atoms with Crippen LogP contribution in [0, 0.1) is 5.92 Å². The molecular weight excluding hydrogens is 418 g/mol. The first-order chi connectivity index (χ1) is 14.8. The normalized spacial score (nSPS) is 13.9. The Morgan fingerprint density at radius 3 is 2.23 bits per heavy atom. The molecule has 0 radical (unpaired) electrons. The van der Waals surface area contributed by atoms with Crippen LogP contribution in [0.1, 0.15) is 25.0 Å². The maximum absolute atomic E-state index is 13.0. The zero-order chi connectivity index (χ0) is 22.5. The number of anilines is 1. The lowest BCUT2D eigenvalue weighted by Crippen LogP contribution is -2.52. The predicted molar refractivity (Wildman–Crippen MR) is 121 cm³/mol. The Kier molecular flexibility index (Phi) is 7.28. The molecule has 0 fully saturated rings. The number of urea groups is 1. The van der Waals surface area contributed by atoms with Gasteiger partial charge in [-0.2, -0.15) is 0 Å². The van der Waals surface area contributed by atoms with Crippen LogP contribution in [0.15, 0.2) is 36.4 Å². The Balaban J connectivity index is 1.68. The van der Waals surface area contributed by atoms with E-state index in [4.69, 9.17) is 21.1 Å². The predicted octanol–water partition coefficient (Wildman–Crippen LogP) is 4.09. The van der Waals surface area contributed by atoms with Crippen molar-refractivity contribution in [2.75, 3.05) is 26.1 Å². The number of nitrogens with zero attached hydrogens (tertiary/aromatic N) is 1. The van der Waals surface area contributed by atoms with E-state index in [0.717, 1.165) is 11.1 Å². The quantitative estimate of drug-likeness (QED) is 0.701. The summed E-state index contributed by atoms with van der Waals surface area (Å²) in [6, 6.07) is 9.77. The van der Waals surface area contributed by atoms with Crippen molar-refractivity contribution in [2.24, 2.45) is 5.92 Å². The summed E-state index contributed by atoms with van der Waals surface area (Å²) in [6.07, 6.45) is 0.701. The van der Waals surface area contributed by atoms with Crippen molar-refractivity contribution < 1.29 is 19.1 Å². The van der Waals surface area contributed by atoms with Gasteiger partial charge < -0.3 is 25.0 Å². The number of ether oxygens (including phenoxy) is 2. The number of carbonyl (C=O) groups excluding carboxylic acids is 2. The Hall–Kier alpha value is -2.93. The molecule has 0 aromatic heterocycles. The highest BCUT2D eigenvalue weighted by molar-refractivity contribution is 6.30. The molecule has 1 atom stereocenters. The molecule has 8 heteroatoms. The van der Waals surface area contributed by atoms with Gasteiger partial charge in [0.15, 0.2) is 11.5 Å². The Labute approximate surface area is 187 Å². The molecule has 0 saturated heterocycles. The van der Waals surface area contributed by atoms with Gasteiger partial charge in [0, 0.05) is 23.8 Å². The lowest BCUT2D eigenvalue weighted by atomic mass is 9.99. The monoisotopic (exact) mass is 445 g/mol. The molecule has 3 rings (SSSR count). The van der Waals surface area contributed by atoms with Crippen LogP contribution >= 0.6 is 11.6 Å². The number of hydrogen-bond acceptors (Lipinski definition) is 4. The summed E-state index contributed by atoms with van der Waals surface area (Å²) in [6.45, 7) is 4.78. The van der Waals surface area contributed by atoms with Gasteiger partial charge in [0.25, 0.3) is 0 Å². The van der Waals surface area contributed by atoms with E-state index in [2.05, 4.69) is 10.6 Å². The van der Waals surface area contributed by atoms with Gasteiger partial charge >= 0.3 is 6.03 Å². The van der Waals surface area contributed by atoms with E-state index in [1.165, 1.54) is 0 Å². The fraction of sp³-hybridized carbons (Fsp3) is 0.391. The van der Waals surface area contributed by atoms with Crippen molar-refractivity contribution in [1.29, 1.82) is 0 Å². The van der Waals surface area contributed by atoms with E-state index < -0.39 is 6.04 Å². The molecule has 3 amide bonds. The molecule has 166 valence electrons. The van der Waals surface area contributed by atoms with Crippen molar-refractivity contribution >= 4 is 29.2 Å². The van der Waals surface area contributed by atoms with Gasteiger partial charge in [-0.05, 0) is 59.9 Å². The van der Waals surface area contributed by atoms with E-state index in [1.54, 1.807) is 43.4 Å². The molecule has 0 saturated carbocycles. The molecule has 2 aromatic carbocycles. The topological polar surface area (TPSA) is 79.9 Å². The fourth-order valence-electron chi connectivity index (χ4n) is 3.57. The highest BCUT2D eigenvalue weighted by Gasteiger charge is 2.29. The molecule has 2 N–H and O–H groups in total. The largest absolute Gasteiger partial charge is 0.493 e. The number of amides is 3. The molecule has 0 bridgehead atoms. The first kappa shape index (κ1) is 22.7. The standard InChI is InChI=1S/C23H28ClN3O4/c1-14(2)21(22(28)25-18-7-5-17(24)6-8-18)26-23(29)27-10-9-15-11-19(30-3)20(31-4)12-16(15)13-27/h5-8,11-12,14,21H,9-10,13H2,1-4H3,(H,25,28)(H,26,29)/t21-/m1/s1. The van der Waals surface area contributed by atoms with Crippen LogP contribution in [0.25, 0.3) is 0 Å². The molecule has 2 aromatic rings. The van der Waals surface area contributed by atoms with Crippen LogP contribution < -0.4 is 20.1 Å². The SMILES string of the molecule is COc1cc2c(cc1OC)CN(C(=O)N[C@@H](C(=O)Nc1ccc(Cl)cc1)C(C)C)CC2. The summed E-state index contributed by atoms with van der Waals surface area (Å²) in [4.78, 5) is 27.5. The van der Waals surface area contributed by atoms with E-state index in [-0.39, 0.29) is 17.9 Å². The molecule has 1 aliphatic rings. The van der Waals surface area contributed by atoms with Gasteiger partial charge in [-0.3, -0.25) is 4.79 Å². The van der Waals surface area contributed by atoms with Crippen molar-refractivity contribution in [3.63, 3.8) is 0 Å². The van der Waals surface area contributed by atoms with Crippen LogP contribution in [0.5, 0.6) is 11.5 Å². The summed E-state index contributed by atoms with van der Waals surface area (Å²) in [5, 5.41) is 6.32. The van der Waals surface area contributed by atoms with Gasteiger partial charge in [0.1, 0.15) is 6.04 Å². The van der Waals surface area contributed by atoms with Crippen LogP contribution in [0.3, 0.4) is 0 Å². The average molecular weight is 446 g/mol. The summed E-state index contributed by atoms with van der Waals surface area (Å²) < 4.78 is 10.8. The average Bonchev–Trinajstić information content (AvgIpc) is 2.77. The molecule has 0 unspecified atom stereocenters. The minimum Gasteiger partial charge on any atom is -0.493 e. The van der Waals surface area contributed by atoms with E-state index in [9.17, 15) is 9.59 Å². The number of hydrogen-bond donors (Lipinski definition) is 2. The third kappa shape index (κ3) is 5.41. The van der Waals surface area contributed by atoms with Gasteiger partial charge in [-0.15, -0.1) is 0 Å². The highest BCUT2D eigenvalue weighted by atomic mass is 35.5. The number of rotatable bonds is 6. The molecule has 31 heavy (non-hydrogen) atoms. The summed E-state index contributed by atoms with van der Waals surface area (Å²) in [7, 11) is 3.19. The van der Waals surface area contributed by atoms with Crippen molar-refractivity contribution in [3.8, 4) is 11.5 Å². The van der Waals surface area contributed by atoms with Crippen molar-refractivity contribution in [2.45, 2.75) is 32.9 Å². The van der Waals surface area contributed by atoms with Crippen molar-refractivity contribution in [3.05, 3.63) is 52.5 Å². The molecule has 1 heterocycles. The van der Waals surface area contributed by atoms with Gasteiger partial charge in [-0.25, -0.2) is 4.79 Å². The lowest BCUT2D eigenvalue weighted by molar-refractivity contribution is -0.118. The van der Waals surface area contributed by atoms with E-state index in [0.29, 0.717) is 41.7 Å². The summed E-state index contributed by atoms with van der Waals surface area (Å²) >= 11 is 5.90. The van der Waals surface area contributed by atoms with Crippen LogP contribution in [0.4, 0.5) is 10.5 Å². The van der Waals surface area contributed by atoms with Gasteiger partial charge in [0.05, 0.1) is 14.2 Å². The van der Waals surface area contributed by atoms with Crippen LogP contribution in [-0.4, -0.2) is 43.6 Å². The number of fused-ring (bicyclic) bond motifs is 1. The third-order valence-electron chi connectivity index (χ3n) is 5.35. The first-order valence-corrected chi connectivity index (χ1v) is 10.6. The lowest BCUT2D eigenvalue weighted by Gasteiger charge is -2.32. The van der Waals surface area contributed by atoms with Crippen molar-refractivity contribution in [1.82, 2.24) is 10.2 Å². The zero-order valence-electron chi connectivity index (χ0n) is 18.2. The van der Waals surface area contributed by atoms with Crippen LogP contribution in [0.2, 0.25) is 5.02 Å². The Morgan fingerprint density at radius 2 is 1.65 bits per heavy atom. The van der Waals surface area contributed by atoms with E-state index >= 15 is 0 Å². The molecular formula is C23H28ClN3O4. The molecule has 7 nitrogen and oxygen atoms in total. The number of benzene rings is 2.